The number of carbonyl (C=O) groups is 2. The van der Waals surface area contributed by atoms with Crippen molar-refractivity contribution in [2.75, 3.05) is 7.05 Å². The summed E-state index contributed by atoms with van der Waals surface area (Å²) in [5, 5.41) is 3.78. The summed E-state index contributed by atoms with van der Waals surface area (Å²) < 4.78 is 6.45. The van der Waals surface area contributed by atoms with Crippen LogP contribution >= 0.6 is 51.5 Å². The monoisotopic (exact) mass is 456 g/mol. The van der Waals surface area contributed by atoms with Gasteiger partial charge >= 0.3 is 0 Å². The maximum absolute atomic E-state index is 12.2. The lowest BCUT2D eigenvalue weighted by molar-refractivity contribution is -0.128. The molecule has 0 saturated carbocycles. The number of amides is 2. The first-order valence-corrected chi connectivity index (χ1v) is 9.32. The van der Waals surface area contributed by atoms with E-state index in [1.807, 2.05) is 12.1 Å². The molecule has 1 saturated heterocycles. The first-order chi connectivity index (χ1) is 11.8. The van der Waals surface area contributed by atoms with Gasteiger partial charge in [-0.15, -0.1) is 0 Å². The Hall–Kier alpha value is -1.61. The van der Waals surface area contributed by atoms with Gasteiger partial charge in [0.25, 0.3) is 11.8 Å². The highest BCUT2D eigenvalue weighted by Crippen LogP contribution is 2.37. The third-order valence-electron chi connectivity index (χ3n) is 3.29. The van der Waals surface area contributed by atoms with Crippen LogP contribution in [0.5, 0.6) is 0 Å². The second-order valence-electron chi connectivity index (χ2n) is 5.02. The van der Waals surface area contributed by atoms with Crippen molar-refractivity contribution in [2.24, 2.45) is 0 Å². The van der Waals surface area contributed by atoms with E-state index in [-0.39, 0.29) is 10.7 Å². The van der Waals surface area contributed by atoms with E-state index < -0.39 is 11.8 Å². The fourth-order valence-corrected chi connectivity index (χ4v) is 3.64. The SMILES string of the molecule is CN1C(=O)/C(=C\c2cc(Br)c(Sc3ccc(Cl)cc3)o2)C(=O)NC1=S. The van der Waals surface area contributed by atoms with E-state index in [9.17, 15) is 9.59 Å². The van der Waals surface area contributed by atoms with Gasteiger partial charge in [-0.25, -0.2) is 0 Å². The van der Waals surface area contributed by atoms with E-state index in [0.717, 1.165) is 4.90 Å². The van der Waals surface area contributed by atoms with Gasteiger partial charge in [0, 0.05) is 17.0 Å². The summed E-state index contributed by atoms with van der Waals surface area (Å²) in [6.07, 6.45) is 1.40. The Morgan fingerprint density at radius 1 is 1.32 bits per heavy atom. The van der Waals surface area contributed by atoms with Gasteiger partial charge in [-0.05, 0) is 64.6 Å². The number of nitrogens with one attached hydrogen (secondary N) is 1. The summed E-state index contributed by atoms with van der Waals surface area (Å²) in [7, 11) is 1.50. The molecule has 2 heterocycles. The molecule has 0 bridgehead atoms. The Labute approximate surface area is 166 Å². The highest BCUT2D eigenvalue weighted by molar-refractivity contribution is 9.10. The number of hydrogen-bond donors (Lipinski definition) is 1. The van der Waals surface area contributed by atoms with Crippen molar-refractivity contribution in [3.8, 4) is 0 Å². The molecule has 0 spiro atoms. The zero-order valence-corrected chi connectivity index (χ0v) is 16.7. The third-order valence-corrected chi connectivity index (χ3v) is 5.77. The summed E-state index contributed by atoms with van der Waals surface area (Å²) in [5.41, 5.74) is -0.0413. The van der Waals surface area contributed by atoms with E-state index >= 15 is 0 Å². The van der Waals surface area contributed by atoms with E-state index in [2.05, 4.69) is 21.2 Å². The van der Waals surface area contributed by atoms with Gasteiger partial charge in [-0.2, -0.15) is 0 Å². The van der Waals surface area contributed by atoms with Crippen molar-refractivity contribution in [2.45, 2.75) is 9.99 Å². The molecule has 1 aromatic heterocycles. The highest BCUT2D eigenvalue weighted by Gasteiger charge is 2.31. The quantitative estimate of drug-likeness (QED) is 0.427. The number of thiocarbonyl (C=S) groups is 1. The van der Waals surface area contributed by atoms with Crippen LogP contribution < -0.4 is 5.32 Å². The van der Waals surface area contributed by atoms with Crippen LogP contribution in [0.15, 0.2) is 54.8 Å². The average Bonchev–Trinajstić information content (AvgIpc) is 2.91. The van der Waals surface area contributed by atoms with Crippen LogP contribution in [-0.2, 0) is 9.59 Å². The number of rotatable bonds is 3. The maximum atomic E-state index is 12.2. The molecule has 1 aromatic carbocycles. The van der Waals surface area contributed by atoms with E-state index in [0.29, 0.717) is 20.3 Å². The topological polar surface area (TPSA) is 62.6 Å². The Morgan fingerprint density at radius 2 is 2.00 bits per heavy atom. The second kappa shape index (κ2) is 7.33. The summed E-state index contributed by atoms with van der Waals surface area (Å²) in [5.74, 6) is -0.649. The smallest absolute Gasteiger partial charge is 0.265 e. The molecule has 1 aliphatic heterocycles. The van der Waals surface area contributed by atoms with Crippen LogP contribution in [-0.4, -0.2) is 28.9 Å². The lowest BCUT2D eigenvalue weighted by Gasteiger charge is -2.24. The Morgan fingerprint density at radius 3 is 2.68 bits per heavy atom. The number of carbonyl (C=O) groups excluding carboxylic acids is 2. The minimum absolute atomic E-state index is 0.0413. The van der Waals surface area contributed by atoms with Crippen LogP contribution in [0.2, 0.25) is 5.02 Å². The van der Waals surface area contributed by atoms with Crippen molar-refractivity contribution in [1.29, 1.82) is 0 Å². The molecule has 0 atom stereocenters. The van der Waals surface area contributed by atoms with E-state index in [4.69, 9.17) is 28.2 Å². The lowest BCUT2D eigenvalue weighted by Crippen LogP contribution is -2.52. The number of hydrogen-bond acceptors (Lipinski definition) is 5. The zero-order chi connectivity index (χ0) is 18.1. The largest absolute Gasteiger partial charge is 0.449 e. The maximum Gasteiger partial charge on any atom is 0.265 e. The van der Waals surface area contributed by atoms with Gasteiger partial charge in [-0.3, -0.25) is 19.8 Å². The van der Waals surface area contributed by atoms with Crippen LogP contribution in [0.3, 0.4) is 0 Å². The number of furan rings is 1. The summed E-state index contributed by atoms with van der Waals surface area (Å²) in [6.45, 7) is 0. The summed E-state index contributed by atoms with van der Waals surface area (Å²) in [6, 6.07) is 9.00. The molecule has 128 valence electrons. The molecular formula is C16H10BrClN2O3S2. The van der Waals surface area contributed by atoms with Crippen molar-refractivity contribution >= 4 is 74.5 Å². The van der Waals surface area contributed by atoms with Gasteiger partial charge in [-0.1, -0.05) is 23.4 Å². The van der Waals surface area contributed by atoms with Gasteiger partial charge in [0.05, 0.1) is 4.47 Å². The van der Waals surface area contributed by atoms with Gasteiger partial charge in [0.15, 0.2) is 10.2 Å². The lowest BCUT2D eigenvalue weighted by atomic mass is 10.1. The number of benzene rings is 1. The zero-order valence-electron chi connectivity index (χ0n) is 12.7. The molecule has 9 heteroatoms. The van der Waals surface area contributed by atoms with Crippen LogP contribution in [0.1, 0.15) is 5.76 Å². The van der Waals surface area contributed by atoms with E-state index in [1.165, 1.54) is 29.8 Å². The second-order valence-corrected chi connectivity index (χ2v) is 7.75. The number of halogens is 2. The van der Waals surface area contributed by atoms with Gasteiger partial charge in [0.2, 0.25) is 0 Å². The number of likely N-dealkylation sites (N-methyl/N-ethyl adjacent to an activating group) is 1. The van der Waals surface area contributed by atoms with Crippen molar-refractivity contribution in [3.63, 3.8) is 0 Å². The number of nitrogens with zero attached hydrogens (tertiary/aromatic N) is 1. The molecule has 2 aromatic rings. The molecule has 5 nitrogen and oxygen atoms in total. The molecule has 0 unspecified atom stereocenters. The minimum atomic E-state index is -0.549. The minimum Gasteiger partial charge on any atom is -0.449 e. The van der Waals surface area contributed by atoms with Crippen LogP contribution in [0, 0.1) is 0 Å². The first kappa shape index (κ1) is 18.2. The molecule has 3 rings (SSSR count). The Balaban J connectivity index is 1.87. The molecule has 1 fully saturated rings. The fourth-order valence-electron chi connectivity index (χ4n) is 2.01. The summed E-state index contributed by atoms with van der Waals surface area (Å²) in [4.78, 5) is 26.3. The molecule has 2 amide bonds. The summed E-state index contributed by atoms with van der Waals surface area (Å²) >= 11 is 15.6. The first-order valence-electron chi connectivity index (χ1n) is 6.93. The van der Waals surface area contributed by atoms with Crippen molar-refractivity contribution in [3.05, 3.63) is 51.2 Å². The third kappa shape index (κ3) is 3.98. The van der Waals surface area contributed by atoms with Gasteiger partial charge in [0.1, 0.15) is 11.3 Å². The molecule has 0 aliphatic carbocycles. The van der Waals surface area contributed by atoms with Crippen molar-refractivity contribution < 1.29 is 14.0 Å². The predicted octanol–water partition coefficient (Wildman–Crippen LogP) is 4.10. The molecular weight excluding hydrogens is 448 g/mol. The van der Waals surface area contributed by atoms with Gasteiger partial charge < -0.3 is 4.42 Å². The van der Waals surface area contributed by atoms with Crippen LogP contribution in [0.4, 0.5) is 0 Å². The Kier molecular flexibility index (Phi) is 5.33. The predicted molar refractivity (Wildman–Crippen MR) is 103 cm³/mol. The van der Waals surface area contributed by atoms with E-state index in [1.54, 1.807) is 18.2 Å². The normalized spacial score (nSPS) is 16.5. The Bertz CT molecular complexity index is 909. The fraction of sp³-hybridized carbons (Fsp3) is 0.0625. The average molecular weight is 458 g/mol. The van der Waals surface area contributed by atoms with Crippen LogP contribution in [0.25, 0.3) is 6.08 Å². The molecule has 25 heavy (non-hydrogen) atoms. The molecule has 0 radical (unpaired) electrons. The van der Waals surface area contributed by atoms with Crippen molar-refractivity contribution in [1.82, 2.24) is 10.2 Å². The standard InChI is InChI=1S/C16H10BrClN2O3S2/c1-20-14(22)11(13(21)19-16(20)24)6-9-7-12(17)15(23-9)25-10-4-2-8(18)3-5-10/h2-7H,1H3,(H,19,21,24)/b11-6-. The molecule has 1 N–H and O–H groups in total. The molecule has 1 aliphatic rings. The highest BCUT2D eigenvalue weighted by atomic mass is 79.9.